The Hall–Kier alpha value is -3.18. The van der Waals surface area contributed by atoms with Crippen molar-refractivity contribution in [3.63, 3.8) is 0 Å². The molecule has 1 fully saturated rings. The number of nitrogens with zero attached hydrogens (tertiary/aromatic N) is 2. The molecule has 0 unspecified atom stereocenters. The van der Waals surface area contributed by atoms with E-state index < -0.39 is 0 Å². The second-order valence-electron chi connectivity index (χ2n) is 8.45. The molecule has 0 radical (unpaired) electrons. The molecule has 174 valence electrons. The van der Waals surface area contributed by atoms with Crippen LogP contribution in [0.4, 0.5) is 11.4 Å². The van der Waals surface area contributed by atoms with E-state index in [0.717, 1.165) is 75.9 Å². The summed E-state index contributed by atoms with van der Waals surface area (Å²) >= 11 is 0. The molecule has 1 aliphatic heterocycles. The summed E-state index contributed by atoms with van der Waals surface area (Å²) in [6.07, 6.45) is 2.24. The lowest BCUT2D eigenvalue weighted by Crippen LogP contribution is -2.46. The van der Waals surface area contributed by atoms with Crippen LogP contribution in [-0.2, 0) is 6.54 Å². The van der Waals surface area contributed by atoms with Crippen LogP contribution in [0.15, 0.2) is 78.9 Å². The summed E-state index contributed by atoms with van der Waals surface area (Å²) in [6, 6.07) is 27.0. The number of hydrogen-bond donors (Lipinski definition) is 1. The van der Waals surface area contributed by atoms with Crippen molar-refractivity contribution in [2.45, 2.75) is 19.4 Å². The van der Waals surface area contributed by atoms with E-state index in [1.807, 2.05) is 24.3 Å². The van der Waals surface area contributed by atoms with E-state index in [0.29, 0.717) is 0 Å². The molecule has 0 aliphatic carbocycles. The predicted octanol–water partition coefficient (Wildman–Crippen LogP) is 5.29. The van der Waals surface area contributed by atoms with Gasteiger partial charge < -0.3 is 19.7 Å². The minimum absolute atomic E-state index is 0.769. The molecule has 0 atom stereocenters. The highest BCUT2D eigenvalue weighted by atomic mass is 16.5. The Bertz CT molecular complexity index is 954. The number of rotatable bonds is 11. The van der Waals surface area contributed by atoms with E-state index in [4.69, 9.17) is 9.47 Å². The third-order valence-corrected chi connectivity index (χ3v) is 6.12. The molecule has 0 spiro atoms. The summed E-state index contributed by atoms with van der Waals surface area (Å²) in [5, 5.41) is 3.43. The molecule has 0 amide bonds. The summed E-state index contributed by atoms with van der Waals surface area (Å²) in [4.78, 5) is 5.01. The first kappa shape index (κ1) is 23.0. The Kier molecular flexibility index (Phi) is 8.48. The minimum atomic E-state index is 0.769. The van der Waals surface area contributed by atoms with Crippen molar-refractivity contribution >= 4 is 11.4 Å². The number of para-hydroxylation sites is 1. The van der Waals surface area contributed by atoms with Crippen LogP contribution in [0, 0.1) is 0 Å². The van der Waals surface area contributed by atoms with Gasteiger partial charge in [0.25, 0.3) is 0 Å². The molecule has 5 nitrogen and oxygen atoms in total. The van der Waals surface area contributed by atoms with Crippen LogP contribution in [-0.4, -0.2) is 51.3 Å². The van der Waals surface area contributed by atoms with E-state index >= 15 is 0 Å². The van der Waals surface area contributed by atoms with E-state index in [-0.39, 0.29) is 0 Å². The largest absolute Gasteiger partial charge is 0.497 e. The Morgan fingerprint density at radius 2 is 1.58 bits per heavy atom. The summed E-state index contributed by atoms with van der Waals surface area (Å²) in [7, 11) is 1.72. The van der Waals surface area contributed by atoms with Crippen LogP contribution in [0.2, 0.25) is 0 Å². The fourth-order valence-corrected chi connectivity index (χ4v) is 4.13. The molecule has 33 heavy (non-hydrogen) atoms. The summed E-state index contributed by atoms with van der Waals surface area (Å²) in [5.74, 6) is 1.87. The molecular formula is C28H35N3O2. The van der Waals surface area contributed by atoms with Crippen molar-refractivity contribution in [3.8, 4) is 11.5 Å². The first-order valence-corrected chi connectivity index (χ1v) is 11.9. The lowest BCUT2D eigenvalue weighted by molar-refractivity contribution is 0.238. The fraction of sp³-hybridized carbons (Fsp3) is 0.357. The number of benzene rings is 3. The van der Waals surface area contributed by atoms with Gasteiger partial charge in [-0.15, -0.1) is 0 Å². The van der Waals surface area contributed by atoms with Crippen LogP contribution in [0.5, 0.6) is 11.5 Å². The molecule has 0 saturated carbocycles. The summed E-state index contributed by atoms with van der Waals surface area (Å²) in [6.45, 7) is 7.07. The van der Waals surface area contributed by atoms with Gasteiger partial charge in [-0.25, -0.2) is 0 Å². The van der Waals surface area contributed by atoms with Crippen LogP contribution in [0.25, 0.3) is 0 Å². The highest BCUT2D eigenvalue weighted by Crippen LogP contribution is 2.22. The second kappa shape index (κ2) is 12.2. The van der Waals surface area contributed by atoms with Crippen molar-refractivity contribution in [2.75, 3.05) is 56.7 Å². The smallest absolute Gasteiger partial charge is 0.120 e. The molecular weight excluding hydrogens is 410 g/mol. The predicted molar refractivity (Wildman–Crippen MR) is 137 cm³/mol. The van der Waals surface area contributed by atoms with Crippen LogP contribution in [0.1, 0.15) is 18.4 Å². The standard InChI is InChI=1S/C28H35N3O2/c1-32-28-11-7-10-26(22-28)31-19-17-30(18-20-31)16-5-6-21-33-27-14-12-24(13-15-27)23-29-25-8-3-2-4-9-25/h2-4,7-15,22,29H,5-6,16-21,23H2,1H3. The molecule has 3 aromatic rings. The normalized spacial score (nSPS) is 14.2. The highest BCUT2D eigenvalue weighted by Gasteiger charge is 2.17. The van der Waals surface area contributed by atoms with Gasteiger partial charge in [-0.05, 0) is 61.3 Å². The van der Waals surface area contributed by atoms with E-state index in [1.165, 1.54) is 11.3 Å². The minimum Gasteiger partial charge on any atom is -0.497 e. The zero-order chi connectivity index (χ0) is 22.7. The van der Waals surface area contributed by atoms with Gasteiger partial charge in [-0.2, -0.15) is 0 Å². The molecule has 0 aromatic heterocycles. The quantitative estimate of drug-likeness (QED) is 0.406. The number of anilines is 2. The third kappa shape index (κ3) is 7.16. The Morgan fingerprint density at radius 3 is 2.33 bits per heavy atom. The number of piperazine rings is 1. The van der Waals surface area contributed by atoms with Crippen LogP contribution < -0.4 is 19.7 Å². The molecule has 4 rings (SSSR count). The maximum absolute atomic E-state index is 5.95. The van der Waals surface area contributed by atoms with Gasteiger partial charge in [0.15, 0.2) is 0 Å². The van der Waals surface area contributed by atoms with E-state index in [2.05, 4.69) is 69.7 Å². The van der Waals surface area contributed by atoms with E-state index in [1.54, 1.807) is 7.11 Å². The molecule has 1 heterocycles. The number of ether oxygens (including phenoxy) is 2. The van der Waals surface area contributed by atoms with Crippen molar-refractivity contribution < 1.29 is 9.47 Å². The first-order valence-electron chi connectivity index (χ1n) is 11.9. The Morgan fingerprint density at radius 1 is 0.788 bits per heavy atom. The second-order valence-corrected chi connectivity index (χ2v) is 8.45. The SMILES string of the molecule is COc1cccc(N2CCN(CCCCOc3ccc(CNc4ccccc4)cc3)CC2)c1. The fourth-order valence-electron chi connectivity index (χ4n) is 4.13. The molecule has 5 heteroatoms. The maximum atomic E-state index is 5.95. The van der Waals surface area contributed by atoms with Gasteiger partial charge >= 0.3 is 0 Å². The van der Waals surface area contributed by atoms with Crippen molar-refractivity contribution in [2.24, 2.45) is 0 Å². The summed E-state index contributed by atoms with van der Waals surface area (Å²) in [5.41, 5.74) is 3.64. The molecule has 1 saturated heterocycles. The van der Waals surface area contributed by atoms with Gasteiger partial charge in [0, 0.05) is 50.2 Å². The number of methoxy groups -OCH3 is 1. The lowest BCUT2D eigenvalue weighted by atomic mass is 10.2. The molecule has 0 bridgehead atoms. The van der Waals surface area contributed by atoms with Crippen molar-refractivity contribution in [1.29, 1.82) is 0 Å². The average molecular weight is 446 g/mol. The van der Waals surface area contributed by atoms with Crippen LogP contribution in [0.3, 0.4) is 0 Å². The van der Waals surface area contributed by atoms with Gasteiger partial charge in [0.1, 0.15) is 11.5 Å². The molecule has 3 aromatic carbocycles. The number of hydrogen-bond acceptors (Lipinski definition) is 5. The van der Waals surface area contributed by atoms with Gasteiger partial charge in [-0.1, -0.05) is 36.4 Å². The van der Waals surface area contributed by atoms with Gasteiger partial charge in [0.2, 0.25) is 0 Å². The highest BCUT2D eigenvalue weighted by molar-refractivity contribution is 5.51. The zero-order valence-corrected chi connectivity index (χ0v) is 19.6. The number of unbranched alkanes of at least 4 members (excludes halogenated alkanes) is 1. The van der Waals surface area contributed by atoms with Crippen LogP contribution >= 0.6 is 0 Å². The number of nitrogens with one attached hydrogen (secondary N) is 1. The lowest BCUT2D eigenvalue weighted by Gasteiger charge is -2.36. The topological polar surface area (TPSA) is 37.0 Å². The third-order valence-electron chi connectivity index (χ3n) is 6.12. The van der Waals surface area contributed by atoms with Crippen molar-refractivity contribution in [1.82, 2.24) is 4.90 Å². The Balaban J connectivity index is 1.09. The van der Waals surface area contributed by atoms with Crippen molar-refractivity contribution in [3.05, 3.63) is 84.4 Å². The molecule has 1 aliphatic rings. The monoisotopic (exact) mass is 445 g/mol. The average Bonchev–Trinajstić information content (AvgIpc) is 2.89. The van der Waals surface area contributed by atoms with Gasteiger partial charge in [0.05, 0.1) is 13.7 Å². The summed E-state index contributed by atoms with van der Waals surface area (Å²) < 4.78 is 11.3. The zero-order valence-electron chi connectivity index (χ0n) is 19.6. The van der Waals surface area contributed by atoms with Gasteiger partial charge in [-0.3, -0.25) is 4.90 Å². The first-order chi connectivity index (χ1) is 16.3. The van der Waals surface area contributed by atoms with E-state index in [9.17, 15) is 0 Å². The molecule has 1 N–H and O–H groups in total. The Labute approximate surface area is 197 Å². The maximum Gasteiger partial charge on any atom is 0.120 e.